The number of halogens is 2. The van der Waals surface area contributed by atoms with Gasteiger partial charge in [0.05, 0.1) is 10.5 Å². The van der Waals surface area contributed by atoms with Gasteiger partial charge in [-0.2, -0.15) is 0 Å². The third-order valence-corrected chi connectivity index (χ3v) is 3.68. The molecule has 0 amide bonds. The predicted molar refractivity (Wildman–Crippen MR) is 63.9 cm³/mol. The third kappa shape index (κ3) is 1.43. The maximum atomic E-state index is 6.12. The standard InChI is InChI=1S/C11H9BrClN/c1-6-7(2)14-9-5-3-4-8(13)10(9)11(6)12/h3-5H,1-2H3. The van der Waals surface area contributed by atoms with Crippen LogP contribution >= 0.6 is 27.5 Å². The van der Waals surface area contributed by atoms with Crippen LogP contribution in [0.5, 0.6) is 0 Å². The zero-order chi connectivity index (χ0) is 10.3. The van der Waals surface area contributed by atoms with E-state index in [-0.39, 0.29) is 0 Å². The van der Waals surface area contributed by atoms with Gasteiger partial charge in [0, 0.05) is 15.6 Å². The molecule has 0 aliphatic carbocycles. The molecule has 1 aromatic carbocycles. The van der Waals surface area contributed by atoms with Crippen molar-refractivity contribution in [2.24, 2.45) is 0 Å². The Hall–Kier alpha value is -0.600. The van der Waals surface area contributed by atoms with E-state index in [2.05, 4.69) is 20.9 Å². The highest BCUT2D eigenvalue weighted by molar-refractivity contribution is 9.10. The van der Waals surface area contributed by atoms with Crippen molar-refractivity contribution < 1.29 is 0 Å². The van der Waals surface area contributed by atoms with Gasteiger partial charge < -0.3 is 0 Å². The van der Waals surface area contributed by atoms with Crippen LogP contribution in [0.25, 0.3) is 10.9 Å². The second-order valence-corrected chi connectivity index (χ2v) is 4.47. The van der Waals surface area contributed by atoms with Crippen molar-refractivity contribution in [3.05, 3.63) is 39.0 Å². The Morgan fingerprint density at radius 3 is 2.71 bits per heavy atom. The maximum Gasteiger partial charge on any atom is 0.0731 e. The maximum absolute atomic E-state index is 6.12. The summed E-state index contributed by atoms with van der Waals surface area (Å²) in [6.45, 7) is 4.04. The summed E-state index contributed by atoms with van der Waals surface area (Å²) in [7, 11) is 0. The zero-order valence-corrected chi connectivity index (χ0v) is 10.3. The van der Waals surface area contributed by atoms with Gasteiger partial charge in [0.2, 0.25) is 0 Å². The molecule has 0 aliphatic heterocycles. The summed E-state index contributed by atoms with van der Waals surface area (Å²) in [6, 6.07) is 5.77. The summed E-state index contributed by atoms with van der Waals surface area (Å²) in [6.07, 6.45) is 0. The van der Waals surface area contributed by atoms with E-state index < -0.39 is 0 Å². The molecule has 0 aliphatic rings. The van der Waals surface area contributed by atoms with Crippen molar-refractivity contribution in [3.8, 4) is 0 Å². The average molecular weight is 271 g/mol. The Kier molecular flexibility index (Phi) is 2.50. The van der Waals surface area contributed by atoms with Gasteiger partial charge in [0.15, 0.2) is 0 Å². The molecule has 3 heteroatoms. The van der Waals surface area contributed by atoms with Crippen LogP contribution in [-0.2, 0) is 0 Å². The normalized spacial score (nSPS) is 10.9. The number of hydrogen-bond donors (Lipinski definition) is 0. The summed E-state index contributed by atoms with van der Waals surface area (Å²) < 4.78 is 1.05. The van der Waals surface area contributed by atoms with E-state index in [1.54, 1.807) is 0 Å². The van der Waals surface area contributed by atoms with E-state index in [0.717, 1.165) is 31.7 Å². The van der Waals surface area contributed by atoms with Crippen molar-refractivity contribution in [1.82, 2.24) is 4.98 Å². The van der Waals surface area contributed by atoms with Gasteiger partial charge in [-0.15, -0.1) is 0 Å². The Labute approximate surface area is 96.2 Å². The minimum absolute atomic E-state index is 0.741. The number of hydrogen-bond acceptors (Lipinski definition) is 1. The first-order valence-corrected chi connectivity index (χ1v) is 5.49. The lowest BCUT2D eigenvalue weighted by Crippen LogP contribution is -1.91. The molecule has 1 aromatic heterocycles. The van der Waals surface area contributed by atoms with E-state index in [1.807, 2.05) is 32.0 Å². The van der Waals surface area contributed by atoms with Crippen molar-refractivity contribution in [2.75, 3.05) is 0 Å². The van der Waals surface area contributed by atoms with Gasteiger partial charge in [0.25, 0.3) is 0 Å². The summed E-state index contributed by atoms with van der Waals surface area (Å²) >= 11 is 9.67. The molecule has 0 radical (unpaired) electrons. The lowest BCUT2D eigenvalue weighted by molar-refractivity contribution is 1.18. The Morgan fingerprint density at radius 1 is 1.29 bits per heavy atom. The first kappa shape index (κ1) is 9.94. The highest BCUT2D eigenvalue weighted by Crippen LogP contribution is 2.32. The van der Waals surface area contributed by atoms with Crippen LogP contribution in [0.15, 0.2) is 22.7 Å². The van der Waals surface area contributed by atoms with Crippen LogP contribution in [-0.4, -0.2) is 4.98 Å². The molecule has 0 spiro atoms. The summed E-state index contributed by atoms with van der Waals surface area (Å²) in [5, 5.41) is 1.74. The molecule has 0 fully saturated rings. The molecule has 0 saturated heterocycles. The van der Waals surface area contributed by atoms with Crippen molar-refractivity contribution in [2.45, 2.75) is 13.8 Å². The molecule has 2 rings (SSSR count). The number of aryl methyl sites for hydroxylation is 1. The van der Waals surface area contributed by atoms with E-state index >= 15 is 0 Å². The van der Waals surface area contributed by atoms with Crippen LogP contribution in [0.1, 0.15) is 11.3 Å². The van der Waals surface area contributed by atoms with Crippen molar-refractivity contribution in [1.29, 1.82) is 0 Å². The average Bonchev–Trinajstić information content (AvgIpc) is 2.14. The minimum atomic E-state index is 0.741. The van der Waals surface area contributed by atoms with Crippen LogP contribution in [0, 0.1) is 13.8 Å². The number of fused-ring (bicyclic) bond motifs is 1. The first-order chi connectivity index (χ1) is 6.61. The lowest BCUT2D eigenvalue weighted by atomic mass is 10.1. The van der Waals surface area contributed by atoms with Crippen LogP contribution < -0.4 is 0 Å². The van der Waals surface area contributed by atoms with Crippen LogP contribution in [0.2, 0.25) is 5.02 Å². The minimum Gasteiger partial charge on any atom is -0.253 e. The SMILES string of the molecule is Cc1nc2cccc(Cl)c2c(Br)c1C. The molecule has 14 heavy (non-hydrogen) atoms. The van der Waals surface area contributed by atoms with E-state index in [1.165, 1.54) is 0 Å². The summed E-state index contributed by atoms with van der Waals surface area (Å²) in [4.78, 5) is 4.48. The van der Waals surface area contributed by atoms with Gasteiger partial charge in [-0.05, 0) is 47.5 Å². The van der Waals surface area contributed by atoms with Gasteiger partial charge in [-0.3, -0.25) is 4.98 Å². The predicted octanol–water partition coefficient (Wildman–Crippen LogP) is 4.27. The fourth-order valence-electron chi connectivity index (χ4n) is 1.43. The van der Waals surface area contributed by atoms with Gasteiger partial charge >= 0.3 is 0 Å². The van der Waals surface area contributed by atoms with Crippen LogP contribution in [0.4, 0.5) is 0 Å². The molecule has 0 saturated carbocycles. The van der Waals surface area contributed by atoms with Gasteiger partial charge in [0.1, 0.15) is 0 Å². The van der Waals surface area contributed by atoms with Gasteiger partial charge in [-0.25, -0.2) is 0 Å². The Morgan fingerprint density at radius 2 is 2.00 bits per heavy atom. The van der Waals surface area contributed by atoms with Crippen molar-refractivity contribution in [3.63, 3.8) is 0 Å². The molecular formula is C11H9BrClN. The Bertz CT molecular complexity index is 508. The highest BCUT2D eigenvalue weighted by atomic mass is 79.9. The second kappa shape index (κ2) is 3.52. The quantitative estimate of drug-likeness (QED) is 0.697. The topological polar surface area (TPSA) is 12.9 Å². The van der Waals surface area contributed by atoms with Crippen molar-refractivity contribution >= 4 is 38.4 Å². The summed E-state index contributed by atoms with van der Waals surface area (Å²) in [5.74, 6) is 0. The van der Waals surface area contributed by atoms with E-state index in [4.69, 9.17) is 11.6 Å². The molecule has 0 bridgehead atoms. The molecule has 2 aromatic rings. The molecule has 0 unspecified atom stereocenters. The van der Waals surface area contributed by atoms with E-state index in [0.29, 0.717) is 0 Å². The largest absolute Gasteiger partial charge is 0.253 e. The van der Waals surface area contributed by atoms with Crippen LogP contribution in [0.3, 0.4) is 0 Å². The molecule has 1 nitrogen and oxygen atoms in total. The number of nitrogens with zero attached hydrogens (tertiary/aromatic N) is 1. The lowest BCUT2D eigenvalue weighted by Gasteiger charge is -2.08. The molecule has 0 N–H and O–H groups in total. The highest BCUT2D eigenvalue weighted by Gasteiger charge is 2.09. The fourth-order valence-corrected chi connectivity index (χ4v) is 2.52. The Balaban J connectivity index is 2.99. The molecule has 1 heterocycles. The zero-order valence-electron chi connectivity index (χ0n) is 7.94. The second-order valence-electron chi connectivity index (χ2n) is 3.27. The molecule has 0 atom stereocenters. The van der Waals surface area contributed by atoms with Gasteiger partial charge in [-0.1, -0.05) is 17.7 Å². The summed E-state index contributed by atoms with van der Waals surface area (Å²) in [5.41, 5.74) is 3.12. The number of aromatic nitrogens is 1. The molecular weight excluding hydrogens is 261 g/mol. The first-order valence-electron chi connectivity index (χ1n) is 4.32. The number of pyridine rings is 1. The van der Waals surface area contributed by atoms with E-state index in [9.17, 15) is 0 Å². The smallest absolute Gasteiger partial charge is 0.0731 e. The number of rotatable bonds is 0. The number of benzene rings is 1. The monoisotopic (exact) mass is 269 g/mol. The third-order valence-electron chi connectivity index (χ3n) is 2.37. The molecule has 72 valence electrons. The fraction of sp³-hybridized carbons (Fsp3) is 0.182.